The van der Waals surface area contributed by atoms with Crippen LogP contribution in [0.25, 0.3) is 0 Å². The molecule has 0 aliphatic carbocycles. The fraction of sp³-hybridized carbons (Fsp3) is 0.350. The van der Waals surface area contributed by atoms with Crippen LogP contribution in [0.15, 0.2) is 36.7 Å². The number of carbonyl (C=O) groups excluding carboxylic acids is 2. The molecular formula is C20H23N3O3. The predicted octanol–water partition coefficient (Wildman–Crippen LogP) is 2.86. The molecule has 6 heteroatoms. The molecule has 0 spiro atoms. The van der Waals surface area contributed by atoms with E-state index in [1.54, 1.807) is 6.07 Å². The Labute approximate surface area is 153 Å². The van der Waals surface area contributed by atoms with Gasteiger partial charge in [0.2, 0.25) is 0 Å². The smallest absolute Gasteiger partial charge is 0.257 e. The molecule has 1 aliphatic rings. The third-order valence-electron chi connectivity index (χ3n) is 4.41. The number of ether oxygens (including phenoxy) is 1. The molecule has 1 aromatic carbocycles. The molecule has 2 amide bonds. The van der Waals surface area contributed by atoms with Crippen LogP contribution in [-0.2, 0) is 4.74 Å². The lowest BCUT2D eigenvalue weighted by atomic mass is 10.1. The van der Waals surface area contributed by atoms with Crippen molar-refractivity contribution in [3.05, 3.63) is 58.9 Å². The number of aryl methyl sites for hydroxylation is 2. The van der Waals surface area contributed by atoms with Gasteiger partial charge in [-0.25, -0.2) is 0 Å². The Hall–Kier alpha value is -2.73. The van der Waals surface area contributed by atoms with E-state index >= 15 is 0 Å². The number of nitrogens with zero attached hydrogens (tertiary/aromatic N) is 1. The molecule has 2 N–H and O–H groups in total. The molecule has 0 bridgehead atoms. The first-order valence-electron chi connectivity index (χ1n) is 8.76. The van der Waals surface area contributed by atoms with Gasteiger partial charge in [-0.05, 0) is 44.4 Å². The van der Waals surface area contributed by atoms with Crippen LogP contribution in [0, 0.1) is 13.8 Å². The van der Waals surface area contributed by atoms with Gasteiger partial charge in [0, 0.05) is 31.2 Å². The lowest BCUT2D eigenvalue weighted by Crippen LogP contribution is -2.32. The minimum Gasteiger partial charge on any atom is -0.376 e. The highest BCUT2D eigenvalue weighted by atomic mass is 16.5. The Morgan fingerprint density at radius 3 is 2.62 bits per heavy atom. The zero-order valence-corrected chi connectivity index (χ0v) is 15.0. The van der Waals surface area contributed by atoms with E-state index in [0.29, 0.717) is 17.7 Å². The van der Waals surface area contributed by atoms with E-state index in [2.05, 4.69) is 15.6 Å². The van der Waals surface area contributed by atoms with Crippen molar-refractivity contribution in [3.8, 4) is 0 Å². The summed E-state index contributed by atoms with van der Waals surface area (Å²) in [7, 11) is 0. The SMILES string of the molecule is Cc1ccc(NC(=O)c2cncc(C(=O)NCC3CCCO3)c2)c(C)c1. The molecule has 1 saturated heterocycles. The summed E-state index contributed by atoms with van der Waals surface area (Å²) in [6.45, 7) is 5.16. The van der Waals surface area contributed by atoms with Crippen LogP contribution in [0.3, 0.4) is 0 Å². The van der Waals surface area contributed by atoms with E-state index in [9.17, 15) is 9.59 Å². The molecule has 1 unspecified atom stereocenters. The Kier molecular flexibility index (Phi) is 5.63. The third-order valence-corrected chi connectivity index (χ3v) is 4.41. The summed E-state index contributed by atoms with van der Waals surface area (Å²) < 4.78 is 5.49. The zero-order valence-electron chi connectivity index (χ0n) is 15.0. The van der Waals surface area contributed by atoms with Crippen molar-refractivity contribution in [2.45, 2.75) is 32.8 Å². The summed E-state index contributed by atoms with van der Waals surface area (Å²) >= 11 is 0. The summed E-state index contributed by atoms with van der Waals surface area (Å²) in [6, 6.07) is 7.36. The van der Waals surface area contributed by atoms with Crippen molar-refractivity contribution >= 4 is 17.5 Å². The van der Waals surface area contributed by atoms with Gasteiger partial charge in [0.25, 0.3) is 11.8 Å². The van der Waals surface area contributed by atoms with Crippen molar-refractivity contribution in [2.24, 2.45) is 0 Å². The van der Waals surface area contributed by atoms with E-state index in [0.717, 1.165) is 36.3 Å². The maximum absolute atomic E-state index is 12.5. The van der Waals surface area contributed by atoms with Crippen LogP contribution >= 0.6 is 0 Å². The predicted molar refractivity (Wildman–Crippen MR) is 99.4 cm³/mol. The second kappa shape index (κ2) is 8.10. The molecule has 1 fully saturated rings. The van der Waals surface area contributed by atoms with Crippen molar-refractivity contribution in [1.29, 1.82) is 0 Å². The molecule has 2 aromatic rings. The molecule has 0 radical (unpaired) electrons. The van der Waals surface area contributed by atoms with Crippen molar-refractivity contribution in [2.75, 3.05) is 18.5 Å². The van der Waals surface area contributed by atoms with Crippen molar-refractivity contribution in [1.82, 2.24) is 10.3 Å². The van der Waals surface area contributed by atoms with Crippen LogP contribution in [0.2, 0.25) is 0 Å². The van der Waals surface area contributed by atoms with Crippen LogP contribution in [-0.4, -0.2) is 36.1 Å². The molecule has 1 aliphatic heterocycles. The molecule has 6 nitrogen and oxygen atoms in total. The number of hydrogen-bond donors (Lipinski definition) is 2. The second-order valence-electron chi connectivity index (χ2n) is 6.58. The molecule has 26 heavy (non-hydrogen) atoms. The Bertz CT molecular complexity index is 814. The topological polar surface area (TPSA) is 80.3 Å². The lowest BCUT2D eigenvalue weighted by molar-refractivity contribution is 0.0857. The molecule has 3 rings (SSSR count). The number of benzene rings is 1. The molecule has 2 heterocycles. The summed E-state index contributed by atoms with van der Waals surface area (Å²) in [4.78, 5) is 28.8. The average Bonchev–Trinajstić information content (AvgIpc) is 3.15. The molecule has 0 saturated carbocycles. The van der Waals surface area contributed by atoms with E-state index in [1.165, 1.54) is 12.4 Å². The number of pyridine rings is 1. The fourth-order valence-corrected chi connectivity index (χ4v) is 2.95. The largest absolute Gasteiger partial charge is 0.376 e. The summed E-state index contributed by atoms with van der Waals surface area (Å²) in [5, 5.41) is 5.70. The average molecular weight is 353 g/mol. The van der Waals surface area contributed by atoms with Crippen LogP contribution < -0.4 is 10.6 Å². The quantitative estimate of drug-likeness (QED) is 0.866. The monoisotopic (exact) mass is 353 g/mol. The van der Waals surface area contributed by atoms with Crippen LogP contribution in [0.5, 0.6) is 0 Å². The molecule has 1 atom stereocenters. The normalized spacial score (nSPS) is 16.3. The van der Waals surface area contributed by atoms with Gasteiger partial charge in [-0.3, -0.25) is 14.6 Å². The van der Waals surface area contributed by atoms with Crippen LogP contribution in [0.1, 0.15) is 44.7 Å². The summed E-state index contributed by atoms with van der Waals surface area (Å²) in [6.07, 6.45) is 4.96. The van der Waals surface area contributed by atoms with Gasteiger partial charge in [-0.1, -0.05) is 17.7 Å². The number of nitrogens with one attached hydrogen (secondary N) is 2. The first-order chi connectivity index (χ1) is 12.5. The number of amides is 2. The first-order valence-corrected chi connectivity index (χ1v) is 8.76. The Balaban J connectivity index is 1.65. The van der Waals surface area contributed by atoms with Gasteiger partial charge in [0.15, 0.2) is 0 Å². The molecule has 136 valence electrons. The van der Waals surface area contributed by atoms with Gasteiger partial charge in [-0.15, -0.1) is 0 Å². The standard InChI is InChI=1S/C20H23N3O3/c1-13-5-6-18(14(2)8-13)23-20(25)16-9-15(10-21-11-16)19(24)22-12-17-4-3-7-26-17/h5-6,8-11,17H,3-4,7,12H2,1-2H3,(H,22,24)(H,23,25). The van der Waals surface area contributed by atoms with Crippen LogP contribution in [0.4, 0.5) is 5.69 Å². The fourth-order valence-electron chi connectivity index (χ4n) is 2.95. The van der Waals surface area contributed by atoms with Gasteiger partial charge < -0.3 is 15.4 Å². The van der Waals surface area contributed by atoms with Gasteiger partial charge in [-0.2, -0.15) is 0 Å². The highest BCUT2D eigenvalue weighted by Gasteiger charge is 2.17. The zero-order chi connectivity index (χ0) is 18.5. The highest BCUT2D eigenvalue weighted by Crippen LogP contribution is 2.17. The van der Waals surface area contributed by atoms with Gasteiger partial charge in [0.05, 0.1) is 17.2 Å². The molecular weight excluding hydrogens is 330 g/mol. The van der Waals surface area contributed by atoms with Crippen molar-refractivity contribution in [3.63, 3.8) is 0 Å². The van der Waals surface area contributed by atoms with Gasteiger partial charge in [0.1, 0.15) is 0 Å². The van der Waals surface area contributed by atoms with Gasteiger partial charge >= 0.3 is 0 Å². The number of carbonyl (C=O) groups is 2. The van der Waals surface area contributed by atoms with E-state index in [-0.39, 0.29) is 17.9 Å². The summed E-state index contributed by atoms with van der Waals surface area (Å²) in [5.41, 5.74) is 3.56. The summed E-state index contributed by atoms with van der Waals surface area (Å²) in [5.74, 6) is -0.549. The maximum Gasteiger partial charge on any atom is 0.257 e. The second-order valence-corrected chi connectivity index (χ2v) is 6.58. The molecule has 1 aromatic heterocycles. The van der Waals surface area contributed by atoms with Crippen molar-refractivity contribution < 1.29 is 14.3 Å². The van der Waals surface area contributed by atoms with E-state index in [1.807, 2.05) is 32.0 Å². The lowest BCUT2D eigenvalue weighted by Gasteiger charge is -2.12. The highest BCUT2D eigenvalue weighted by molar-refractivity contribution is 6.06. The minimum atomic E-state index is -0.293. The number of anilines is 1. The van der Waals surface area contributed by atoms with E-state index < -0.39 is 0 Å². The number of hydrogen-bond acceptors (Lipinski definition) is 4. The number of aromatic nitrogens is 1. The third kappa shape index (κ3) is 4.46. The van der Waals surface area contributed by atoms with E-state index in [4.69, 9.17) is 4.74 Å². The Morgan fingerprint density at radius 2 is 1.92 bits per heavy atom. The first kappa shape index (κ1) is 18.1. The maximum atomic E-state index is 12.5. The Morgan fingerprint density at radius 1 is 1.15 bits per heavy atom. The minimum absolute atomic E-state index is 0.0721. The number of rotatable bonds is 5.